The van der Waals surface area contributed by atoms with Crippen LogP contribution in [0, 0.1) is 0 Å². The van der Waals surface area contributed by atoms with Crippen LogP contribution in [0.3, 0.4) is 0 Å². The normalized spacial score (nSPS) is 14.0. The number of carbonyl (C=O) groups is 1. The molecule has 0 saturated carbocycles. The molecule has 1 aliphatic heterocycles. The molecule has 1 saturated heterocycles. The summed E-state index contributed by atoms with van der Waals surface area (Å²) in [6.07, 6.45) is 4.02. The summed E-state index contributed by atoms with van der Waals surface area (Å²) in [5.74, 6) is 0.946. The maximum Gasteiger partial charge on any atom is 0.223 e. The van der Waals surface area contributed by atoms with Crippen molar-refractivity contribution in [1.82, 2.24) is 14.9 Å². The minimum absolute atomic E-state index is 0.250. The molecule has 2 heterocycles. The van der Waals surface area contributed by atoms with E-state index < -0.39 is 0 Å². The molecule has 29 heavy (non-hydrogen) atoms. The third-order valence-corrected chi connectivity index (χ3v) is 5.95. The Bertz CT molecular complexity index is 883. The smallest absolute Gasteiger partial charge is 0.223 e. The molecule has 5 heteroatoms. The first kappa shape index (κ1) is 19.6. The van der Waals surface area contributed by atoms with E-state index in [0.717, 1.165) is 53.6 Å². The van der Waals surface area contributed by atoms with Gasteiger partial charge in [-0.2, -0.15) is 0 Å². The molecule has 1 amide bonds. The van der Waals surface area contributed by atoms with Crippen molar-refractivity contribution in [2.75, 3.05) is 18.8 Å². The Balaban J connectivity index is 1.51. The summed E-state index contributed by atoms with van der Waals surface area (Å²) >= 11 is 1.56. The van der Waals surface area contributed by atoms with Crippen molar-refractivity contribution in [1.29, 1.82) is 0 Å². The third kappa shape index (κ3) is 5.24. The minimum Gasteiger partial charge on any atom is -0.343 e. The van der Waals surface area contributed by atoms with Crippen molar-refractivity contribution in [3.8, 4) is 22.5 Å². The summed E-state index contributed by atoms with van der Waals surface area (Å²) in [4.78, 5) is 24.0. The van der Waals surface area contributed by atoms with E-state index in [-0.39, 0.29) is 5.91 Å². The van der Waals surface area contributed by atoms with E-state index in [1.54, 1.807) is 11.8 Å². The fourth-order valence-corrected chi connectivity index (χ4v) is 4.32. The van der Waals surface area contributed by atoms with Gasteiger partial charge in [0.05, 0.1) is 11.4 Å². The molecular weight excluding hydrogens is 378 g/mol. The summed E-state index contributed by atoms with van der Waals surface area (Å²) < 4.78 is 0. The molecule has 0 radical (unpaired) electrons. The second-order valence-electron chi connectivity index (χ2n) is 7.19. The highest BCUT2D eigenvalue weighted by Gasteiger charge is 2.16. The van der Waals surface area contributed by atoms with Crippen LogP contribution >= 0.6 is 11.8 Å². The van der Waals surface area contributed by atoms with Crippen LogP contribution in [-0.4, -0.2) is 39.6 Å². The summed E-state index contributed by atoms with van der Waals surface area (Å²) in [5, 5.41) is 0.719. The van der Waals surface area contributed by atoms with Crippen LogP contribution in [0.2, 0.25) is 0 Å². The Labute approximate surface area is 176 Å². The number of piperidine rings is 1. The number of nitrogens with zero attached hydrogens (tertiary/aromatic N) is 3. The summed E-state index contributed by atoms with van der Waals surface area (Å²) in [7, 11) is 0. The molecule has 148 valence electrons. The molecular formula is C24H25N3OS. The van der Waals surface area contributed by atoms with Gasteiger partial charge in [-0.3, -0.25) is 4.79 Å². The molecule has 3 aromatic rings. The van der Waals surface area contributed by atoms with Crippen molar-refractivity contribution in [3.63, 3.8) is 0 Å². The SMILES string of the molecule is O=C(CCSc1nc(-c2ccccc2)cc(-c2ccccc2)n1)N1CCCCC1. The molecule has 0 unspecified atom stereocenters. The summed E-state index contributed by atoms with van der Waals surface area (Å²) in [6, 6.07) is 22.4. The van der Waals surface area contributed by atoms with E-state index in [1.165, 1.54) is 6.42 Å². The number of likely N-dealkylation sites (tertiary alicyclic amines) is 1. The minimum atomic E-state index is 0.250. The molecule has 4 rings (SSSR count). The van der Waals surface area contributed by atoms with Crippen molar-refractivity contribution >= 4 is 17.7 Å². The van der Waals surface area contributed by atoms with Gasteiger partial charge in [0.2, 0.25) is 5.91 Å². The number of hydrogen-bond acceptors (Lipinski definition) is 4. The molecule has 2 aromatic carbocycles. The fourth-order valence-electron chi connectivity index (χ4n) is 3.53. The van der Waals surface area contributed by atoms with Crippen LogP contribution in [0.1, 0.15) is 25.7 Å². The Morgan fingerprint density at radius 2 is 1.38 bits per heavy atom. The average Bonchev–Trinajstić information content (AvgIpc) is 2.80. The third-order valence-electron chi connectivity index (χ3n) is 5.10. The van der Waals surface area contributed by atoms with Crippen LogP contribution in [0.4, 0.5) is 0 Å². The van der Waals surface area contributed by atoms with E-state index in [1.807, 2.05) is 47.4 Å². The van der Waals surface area contributed by atoms with E-state index in [9.17, 15) is 4.79 Å². The monoisotopic (exact) mass is 403 g/mol. The van der Waals surface area contributed by atoms with Gasteiger partial charge in [-0.05, 0) is 25.3 Å². The first-order valence-corrected chi connectivity index (χ1v) is 11.2. The number of rotatable bonds is 6. The lowest BCUT2D eigenvalue weighted by molar-refractivity contribution is -0.131. The summed E-state index contributed by atoms with van der Waals surface area (Å²) in [5.41, 5.74) is 3.95. The zero-order valence-corrected chi connectivity index (χ0v) is 17.3. The van der Waals surface area contributed by atoms with Crippen LogP contribution < -0.4 is 0 Å². The van der Waals surface area contributed by atoms with Crippen LogP contribution in [0.25, 0.3) is 22.5 Å². The maximum absolute atomic E-state index is 12.4. The van der Waals surface area contributed by atoms with Gasteiger partial charge < -0.3 is 4.90 Å². The Hall–Kier alpha value is -2.66. The number of benzene rings is 2. The molecule has 0 N–H and O–H groups in total. The van der Waals surface area contributed by atoms with Gasteiger partial charge in [-0.1, -0.05) is 72.4 Å². The quantitative estimate of drug-likeness (QED) is 0.414. The number of thioether (sulfide) groups is 1. The second kappa shape index (κ2) is 9.70. The van der Waals surface area contributed by atoms with Gasteiger partial charge in [-0.25, -0.2) is 9.97 Å². The standard InChI is InChI=1S/C24H25N3OS/c28-23(27-15-8-3-9-16-27)14-17-29-24-25-21(19-10-4-1-5-11-19)18-22(26-24)20-12-6-2-7-13-20/h1-2,4-7,10-13,18H,3,8-9,14-17H2. The predicted molar refractivity (Wildman–Crippen MR) is 119 cm³/mol. The van der Waals surface area contributed by atoms with E-state index in [2.05, 4.69) is 24.3 Å². The Kier molecular flexibility index (Phi) is 6.57. The molecule has 0 aliphatic carbocycles. The molecule has 0 atom stereocenters. The molecule has 1 aromatic heterocycles. The zero-order valence-electron chi connectivity index (χ0n) is 16.5. The van der Waals surface area contributed by atoms with Gasteiger partial charge in [0.1, 0.15) is 0 Å². The van der Waals surface area contributed by atoms with Crippen LogP contribution in [0.15, 0.2) is 71.9 Å². The van der Waals surface area contributed by atoms with Gasteiger partial charge in [-0.15, -0.1) is 0 Å². The first-order valence-electron chi connectivity index (χ1n) is 10.2. The van der Waals surface area contributed by atoms with E-state index in [0.29, 0.717) is 12.2 Å². The van der Waals surface area contributed by atoms with Gasteiger partial charge in [0.25, 0.3) is 0 Å². The average molecular weight is 404 g/mol. The second-order valence-corrected chi connectivity index (χ2v) is 8.26. The molecule has 0 spiro atoms. The lowest BCUT2D eigenvalue weighted by Crippen LogP contribution is -2.35. The first-order chi connectivity index (χ1) is 14.3. The molecule has 1 fully saturated rings. The van der Waals surface area contributed by atoms with Crippen molar-refractivity contribution < 1.29 is 4.79 Å². The maximum atomic E-state index is 12.4. The van der Waals surface area contributed by atoms with Gasteiger partial charge >= 0.3 is 0 Å². The number of amides is 1. The van der Waals surface area contributed by atoms with Crippen molar-refractivity contribution in [3.05, 3.63) is 66.7 Å². The number of aromatic nitrogens is 2. The van der Waals surface area contributed by atoms with Crippen LogP contribution in [0.5, 0.6) is 0 Å². The molecule has 4 nitrogen and oxygen atoms in total. The Morgan fingerprint density at radius 1 is 0.828 bits per heavy atom. The van der Waals surface area contributed by atoms with E-state index in [4.69, 9.17) is 9.97 Å². The highest BCUT2D eigenvalue weighted by Crippen LogP contribution is 2.27. The fraction of sp³-hybridized carbons (Fsp3) is 0.292. The van der Waals surface area contributed by atoms with Crippen LogP contribution in [-0.2, 0) is 4.79 Å². The number of hydrogen-bond donors (Lipinski definition) is 0. The van der Waals surface area contributed by atoms with Crippen molar-refractivity contribution in [2.24, 2.45) is 0 Å². The number of carbonyl (C=O) groups excluding carboxylic acids is 1. The van der Waals surface area contributed by atoms with Crippen molar-refractivity contribution in [2.45, 2.75) is 30.8 Å². The highest BCUT2D eigenvalue weighted by molar-refractivity contribution is 7.99. The highest BCUT2D eigenvalue weighted by atomic mass is 32.2. The topological polar surface area (TPSA) is 46.1 Å². The van der Waals surface area contributed by atoms with Gasteiger partial charge in [0.15, 0.2) is 5.16 Å². The lowest BCUT2D eigenvalue weighted by atomic mass is 10.1. The zero-order chi connectivity index (χ0) is 19.9. The molecule has 0 bridgehead atoms. The largest absolute Gasteiger partial charge is 0.343 e. The molecule has 1 aliphatic rings. The van der Waals surface area contributed by atoms with Gasteiger partial charge in [0, 0.05) is 36.4 Å². The lowest BCUT2D eigenvalue weighted by Gasteiger charge is -2.26. The Morgan fingerprint density at radius 3 is 1.93 bits per heavy atom. The van der Waals surface area contributed by atoms with E-state index >= 15 is 0 Å². The predicted octanol–water partition coefficient (Wildman–Crippen LogP) is 5.31. The summed E-state index contributed by atoms with van der Waals surface area (Å²) in [6.45, 7) is 1.81.